The van der Waals surface area contributed by atoms with Crippen LogP contribution in [0.3, 0.4) is 0 Å². The number of thiophene rings is 1. The molecule has 0 fully saturated rings. The SMILES string of the molecule is CC(C)OC(=O)NS(=O)(=O)NCc1ccc(C#CCO)s1. The van der Waals surface area contributed by atoms with Crippen molar-refractivity contribution in [2.75, 3.05) is 6.61 Å². The van der Waals surface area contributed by atoms with E-state index in [1.165, 1.54) is 11.3 Å². The molecule has 116 valence electrons. The minimum absolute atomic E-state index is 0.0236. The normalized spacial score (nSPS) is 10.9. The van der Waals surface area contributed by atoms with Crippen LogP contribution in [-0.2, 0) is 21.5 Å². The number of aliphatic hydroxyl groups excluding tert-OH is 1. The zero-order chi connectivity index (χ0) is 15.9. The lowest BCUT2D eigenvalue weighted by atomic mass is 10.4. The smallest absolute Gasteiger partial charge is 0.422 e. The molecule has 0 aliphatic heterocycles. The highest BCUT2D eigenvalue weighted by atomic mass is 32.2. The van der Waals surface area contributed by atoms with Crippen LogP contribution in [0.15, 0.2) is 12.1 Å². The van der Waals surface area contributed by atoms with Gasteiger partial charge >= 0.3 is 16.3 Å². The van der Waals surface area contributed by atoms with Crippen LogP contribution in [0.4, 0.5) is 4.79 Å². The molecule has 7 nitrogen and oxygen atoms in total. The second-order valence-electron chi connectivity index (χ2n) is 4.11. The first kappa shape index (κ1) is 17.5. The highest BCUT2D eigenvalue weighted by Crippen LogP contribution is 2.15. The van der Waals surface area contributed by atoms with Crippen molar-refractivity contribution in [1.29, 1.82) is 0 Å². The Hall–Kier alpha value is -1.60. The van der Waals surface area contributed by atoms with Crippen LogP contribution in [0.2, 0.25) is 0 Å². The predicted octanol–water partition coefficient (Wildman–Crippen LogP) is 0.561. The second-order valence-corrected chi connectivity index (χ2v) is 6.77. The molecular weight excluding hydrogens is 316 g/mol. The number of amides is 1. The van der Waals surface area contributed by atoms with E-state index >= 15 is 0 Å². The Balaban J connectivity index is 2.53. The zero-order valence-electron chi connectivity index (χ0n) is 11.5. The Kier molecular flexibility index (Phi) is 6.64. The van der Waals surface area contributed by atoms with Crippen LogP contribution in [0.1, 0.15) is 23.6 Å². The molecule has 0 atom stereocenters. The summed E-state index contributed by atoms with van der Waals surface area (Å²) in [5.74, 6) is 5.22. The molecule has 0 unspecified atom stereocenters. The number of ether oxygens (including phenoxy) is 1. The number of nitrogens with one attached hydrogen (secondary N) is 2. The van der Waals surface area contributed by atoms with E-state index in [1.807, 2.05) is 0 Å². The monoisotopic (exact) mass is 332 g/mol. The molecule has 0 bridgehead atoms. The molecule has 1 aromatic rings. The van der Waals surface area contributed by atoms with Crippen LogP contribution in [0, 0.1) is 11.8 Å². The van der Waals surface area contributed by atoms with Gasteiger partial charge in [-0.1, -0.05) is 11.8 Å². The van der Waals surface area contributed by atoms with Gasteiger partial charge in [0.15, 0.2) is 0 Å². The molecule has 1 aromatic heterocycles. The van der Waals surface area contributed by atoms with Crippen molar-refractivity contribution >= 4 is 27.6 Å². The van der Waals surface area contributed by atoms with Gasteiger partial charge in [-0.2, -0.15) is 13.1 Å². The Morgan fingerprint density at radius 1 is 1.48 bits per heavy atom. The molecule has 0 saturated carbocycles. The van der Waals surface area contributed by atoms with Crippen molar-refractivity contribution in [3.8, 4) is 11.8 Å². The molecule has 1 heterocycles. The molecule has 0 saturated heterocycles. The highest BCUT2D eigenvalue weighted by molar-refractivity contribution is 7.88. The molecule has 0 aromatic carbocycles. The first-order chi connectivity index (χ1) is 9.82. The average Bonchev–Trinajstić information content (AvgIpc) is 2.80. The van der Waals surface area contributed by atoms with Crippen molar-refractivity contribution in [1.82, 2.24) is 9.44 Å². The van der Waals surface area contributed by atoms with Crippen LogP contribution in [0.5, 0.6) is 0 Å². The van der Waals surface area contributed by atoms with E-state index in [1.54, 1.807) is 30.7 Å². The van der Waals surface area contributed by atoms with E-state index in [-0.39, 0.29) is 13.2 Å². The summed E-state index contributed by atoms with van der Waals surface area (Å²) in [6.07, 6.45) is -1.44. The number of carbonyl (C=O) groups is 1. The van der Waals surface area contributed by atoms with Gasteiger partial charge in [0.2, 0.25) is 0 Å². The van der Waals surface area contributed by atoms with Crippen LogP contribution in [-0.4, -0.2) is 32.3 Å². The van der Waals surface area contributed by atoms with Gasteiger partial charge in [-0.15, -0.1) is 11.3 Å². The van der Waals surface area contributed by atoms with Gasteiger partial charge in [0.25, 0.3) is 0 Å². The van der Waals surface area contributed by atoms with E-state index in [4.69, 9.17) is 5.11 Å². The van der Waals surface area contributed by atoms with Crippen molar-refractivity contribution in [2.24, 2.45) is 0 Å². The van der Waals surface area contributed by atoms with Crippen molar-refractivity contribution in [3.63, 3.8) is 0 Å². The maximum absolute atomic E-state index is 11.6. The largest absolute Gasteiger partial charge is 0.446 e. The average molecular weight is 332 g/mol. The molecule has 1 rings (SSSR count). The second kappa shape index (κ2) is 7.99. The number of carbonyl (C=O) groups excluding carboxylic acids is 1. The highest BCUT2D eigenvalue weighted by Gasteiger charge is 2.16. The van der Waals surface area contributed by atoms with Crippen molar-refractivity contribution in [3.05, 3.63) is 21.9 Å². The van der Waals surface area contributed by atoms with E-state index < -0.39 is 22.4 Å². The number of hydrogen-bond acceptors (Lipinski definition) is 6. The Morgan fingerprint density at radius 2 is 2.19 bits per heavy atom. The van der Waals surface area contributed by atoms with Gasteiger partial charge in [-0.05, 0) is 26.0 Å². The molecule has 9 heteroatoms. The molecule has 0 aliphatic carbocycles. The first-order valence-corrected chi connectivity index (χ1v) is 8.29. The van der Waals surface area contributed by atoms with Crippen LogP contribution in [0.25, 0.3) is 0 Å². The summed E-state index contributed by atoms with van der Waals surface area (Å²) in [6, 6.07) is 3.43. The molecule has 0 spiro atoms. The third-order valence-corrected chi connectivity index (χ3v) is 3.91. The Bertz CT molecular complexity index is 640. The number of hydrogen-bond donors (Lipinski definition) is 3. The van der Waals surface area contributed by atoms with Gasteiger partial charge in [0, 0.05) is 11.4 Å². The summed E-state index contributed by atoms with van der Waals surface area (Å²) in [4.78, 5) is 12.6. The number of aliphatic hydroxyl groups is 1. The molecule has 21 heavy (non-hydrogen) atoms. The molecule has 1 amide bonds. The van der Waals surface area contributed by atoms with Gasteiger partial charge < -0.3 is 9.84 Å². The lowest BCUT2D eigenvalue weighted by molar-refractivity contribution is 0.121. The standard InChI is InChI=1S/C12H16N2O5S2/c1-9(2)19-12(16)14-21(17,18)13-8-11-6-5-10(20-11)4-3-7-15/h5-6,9,13,15H,7-8H2,1-2H3,(H,14,16). The van der Waals surface area contributed by atoms with Gasteiger partial charge in [-0.3, -0.25) is 0 Å². The minimum atomic E-state index is -3.98. The molecule has 3 N–H and O–H groups in total. The fraction of sp³-hybridized carbons (Fsp3) is 0.417. The van der Waals surface area contributed by atoms with Gasteiger partial charge in [0.05, 0.1) is 11.0 Å². The summed E-state index contributed by atoms with van der Waals surface area (Å²) in [6.45, 7) is 3.01. The molecular formula is C12H16N2O5S2. The lowest BCUT2D eigenvalue weighted by Crippen LogP contribution is -2.40. The summed E-state index contributed by atoms with van der Waals surface area (Å²) in [5.41, 5.74) is 0. The quantitative estimate of drug-likeness (QED) is 0.684. The van der Waals surface area contributed by atoms with E-state index in [9.17, 15) is 13.2 Å². The van der Waals surface area contributed by atoms with Gasteiger partial charge in [0.1, 0.15) is 6.61 Å². The summed E-state index contributed by atoms with van der Waals surface area (Å²) in [5, 5.41) is 8.58. The maximum atomic E-state index is 11.6. The Morgan fingerprint density at radius 3 is 2.81 bits per heavy atom. The van der Waals surface area contributed by atoms with E-state index in [0.717, 1.165) is 4.88 Å². The van der Waals surface area contributed by atoms with Crippen LogP contribution >= 0.6 is 11.3 Å². The maximum Gasteiger partial charge on any atom is 0.422 e. The van der Waals surface area contributed by atoms with Gasteiger partial charge in [-0.25, -0.2) is 9.52 Å². The zero-order valence-corrected chi connectivity index (χ0v) is 13.2. The third-order valence-electron chi connectivity index (χ3n) is 1.95. The fourth-order valence-corrected chi connectivity index (χ4v) is 2.82. The Labute approximate surface area is 127 Å². The summed E-state index contributed by atoms with van der Waals surface area (Å²) in [7, 11) is -3.98. The summed E-state index contributed by atoms with van der Waals surface area (Å²) >= 11 is 1.29. The van der Waals surface area contributed by atoms with Crippen LogP contribution < -0.4 is 9.44 Å². The topological polar surface area (TPSA) is 105 Å². The number of rotatable bonds is 5. The van der Waals surface area contributed by atoms with E-state index in [0.29, 0.717) is 4.88 Å². The molecule has 0 aliphatic rings. The first-order valence-electron chi connectivity index (χ1n) is 5.99. The van der Waals surface area contributed by atoms with E-state index in [2.05, 4.69) is 21.3 Å². The fourth-order valence-electron chi connectivity index (χ4n) is 1.22. The third kappa shape index (κ3) is 7.10. The predicted molar refractivity (Wildman–Crippen MR) is 78.8 cm³/mol. The summed E-state index contributed by atoms with van der Waals surface area (Å²) < 4.78 is 31.8. The lowest BCUT2D eigenvalue weighted by Gasteiger charge is -2.10. The van der Waals surface area contributed by atoms with Crippen molar-refractivity contribution in [2.45, 2.75) is 26.5 Å². The molecule has 0 radical (unpaired) electrons. The van der Waals surface area contributed by atoms with Crippen molar-refractivity contribution < 1.29 is 23.1 Å². The minimum Gasteiger partial charge on any atom is -0.446 e.